The Morgan fingerprint density at radius 2 is 2.12 bits per heavy atom. The van der Waals surface area contributed by atoms with Crippen LogP contribution >= 0.6 is 11.3 Å². The van der Waals surface area contributed by atoms with Gasteiger partial charge in [-0.2, -0.15) is 23.3 Å². The van der Waals surface area contributed by atoms with Crippen molar-refractivity contribution in [1.82, 2.24) is 4.98 Å². The number of rotatable bonds is 4. The van der Waals surface area contributed by atoms with E-state index in [0.717, 1.165) is 33.7 Å². The van der Waals surface area contributed by atoms with Gasteiger partial charge in [0.25, 0.3) is 5.91 Å². The average molecular weight is 355 g/mol. The van der Waals surface area contributed by atoms with E-state index in [1.54, 1.807) is 24.3 Å². The molecule has 5 nitrogen and oxygen atoms in total. The van der Waals surface area contributed by atoms with Crippen molar-refractivity contribution in [1.29, 1.82) is 0 Å². The SMILES string of the molecule is CCC[NH+]=C[C@H]1C(=O)N(c2nc3ccccc3s2)N=C1C(F)(F)F. The van der Waals surface area contributed by atoms with E-state index in [2.05, 4.69) is 15.1 Å². The average Bonchev–Trinajstić information content (AvgIpc) is 3.08. The van der Waals surface area contributed by atoms with Crippen molar-refractivity contribution >= 4 is 44.5 Å². The summed E-state index contributed by atoms with van der Waals surface area (Å²) in [6.45, 7) is 2.36. The lowest BCUT2D eigenvalue weighted by Crippen LogP contribution is -2.71. The van der Waals surface area contributed by atoms with Crippen molar-refractivity contribution < 1.29 is 23.0 Å². The van der Waals surface area contributed by atoms with Gasteiger partial charge >= 0.3 is 6.18 Å². The second-order valence-corrected chi connectivity index (χ2v) is 6.20. The van der Waals surface area contributed by atoms with E-state index in [1.165, 1.54) is 0 Å². The zero-order chi connectivity index (χ0) is 17.3. The molecule has 2 aromatic rings. The number of fused-ring (bicyclic) bond motifs is 1. The van der Waals surface area contributed by atoms with Gasteiger partial charge in [-0.3, -0.25) is 9.79 Å². The van der Waals surface area contributed by atoms with Crippen LogP contribution in [0.25, 0.3) is 10.2 Å². The zero-order valence-corrected chi connectivity index (χ0v) is 13.5. The van der Waals surface area contributed by atoms with Gasteiger partial charge in [0.05, 0.1) is 10.2 Å². The van der Waals surface area contributed by atoms with Gasteiger partial charge in [0, 0.05) is 6.42 Å². The molecule has 126 valence electrons. The molecule has 1 atom stereocenters. The van der Waals surface area contributed by atoms with Crippen LogP contribution in [0.2, 0.25) is 0 Å². The van der Waals surface area contributed by atoms with Gasteiger partial charge in [0.2, 0.25) is 5.13 Å². The van der Waals surface area contributed by atoms with Gasteiger partial charge in [-0.1, -0.05) is 30.4 Å². The fourth-order valence-corrected chi connectivity index (χ4v) is 3.21. The fourth-order valence-electron chi connectivity index (χ4n) is 2.28. The number of benzene rings is 1. The molecular weight excluding hydrogens is 341 g/mol. The van der Waals surface area contributed by atoms with Crippen molar-refractivity contribution in [2.45, 2.75) is 19.5 Å². The van der Waals surface area contributed by atoms with E-state index in [9.17, 15) is 18.0 Å². The first-order valence-corrected chi connectivity index (χ1v) is 8.15. The van der Waals surface area contributed by atoms with Gasteiger partial charge in [-0.25, -0.2) is 4.98 Å². The summed E-state index contributed by atoms with van der Waals surface area (Å²) in [7, 11) is 0. The summed E-state index contributed by atoms with van der Waals surface area (Å²) in [4.78, 5) is 19.4. The van der Waals surface area contributed by atoms with Crippen LogP contribution in [-0.4, -0.2) is 35.5 Å². The summed E-state index contributed by atoms with van der Waals surface area (Å²) in [6, 6.07) is 7.09. The van der Waals surface area contributed by atoms with Crippen molar-refractivity contribution in [3.8, 4) is 0 Å². The molecule has 0 bridgehead atoms. The summed E-state index contributed by atoms with van der Waals surface area (Å²) in [6.07, 6.45) is -2.79. The van der Waals surface area contributed by atoms with E-state index in [0.29, 0.717) is 12.1 Å². The molecule has 3 rings (SSSR count). The molecule has 1 aliphatic heterocycles. The summed E-state index contributed by atoms with van der Waals surface area (Å²) in [5.74, 6) is -2.23. The number of para-hydroxylation sites is 1. The standard InChI is InChI=1S/C15H13F3N4OS/c1-2-7-19-8-9-12(15(16,17)18)21-22(13(9)23)14-20-10-5-3-4-6-11(10)24-14/h3-6,8-9H,2,7H2,1H3/p+1/t9-/m1/s1. The Hall–Kier alpha value is -2.29. The first-order valence-electron chi connectivity index (χ1n) is 7.33. The topological polar surface area (TPSA) is 59.5 Å². The van der Waals surface area contributed by atoms with Crippen LogP contribution in [0.3, 0.4) is 0 Å². The number of nitrogens with zero attached hydrogens (tertiary/aromatic N) is 3. The fraction of sp³-hybridized carbons (Fsp3) is 0.333. The lowest BCUT2D eigenvalue weighted by Gasteiger charge is -2.07. The lowest BCUT2D eigenvalue weighted by atomic mass is 10.0. The number of hydrogen-bond acceptors (Lipinski definition) is 4. The lowest BCUT2D eigenvalue weighted by molar-refractivity contribution is -0.453. The van der Waals surface area contributed by atoms with Crippen LogP contribution in [0.15, 0.2) is 29.4 Å². The van der Waals surface area contributed by atoms with E-state index in [-0.39, 0.29) is 5.13 Å². The van der Waals surface area contributed by atoms with Gasteiger partial charge in [-0.15, -0.1) is 0 Å². The highest BCUT2D eigenvalue weighted by Crippen LogP contribution is 2.34. The Balaban J connectivity index is 1.99. The molecule has 0 aliphatic carbocycles. The molecule has 24 heavy (non-hydrogen) atoms. The molecule has 0 saturated heterocycles. The van der Waals surface area contributed by atoms with E-state index < -0.39 is 23.7 Å². The second-order valence-electron chi connectivity index (χ2n) is 5.20. The van der Waals surface area contributed by atoms with Crippen LogP contribution in [0.1, 0.15) is 13.3 Å². The molecular formula is C15H14F3N4OS+. The van der Waals surface area contributed by atoms with Crippen LogP contribution in [0.4, 0.5) is 18.3 Å². The second kappa shape index (κ2) is 6.31. The highest BCUT2D eigenvalue weighted by Gasteiger charge is 2.51. The van der Waals surface area contributed by atoms with Crippen LogP contribution in [-0.2, 0) is 4.79 Å². The van der Waals surface area contributed by atoms with Crippen LogP contribution < -0.4 is 10.0 Å². The van der Waals surface area contributed by atoms with Crippen LogP contribution in [0, 0.1) is 5.92 Å². The van der Waals surface area contributed by atoms with Gasteiger partial charge < -0.3 is 0 Å². The number of carbonyl (C=O) groups excluding carboxylic acids is 1. The minimum atomic E-state index is -4.68. The molecule has 0 fully saturated rings. The Morgan fingerprint density at radius 3 is 2.79 bits per heavy atom. The molecule has 1 aromatic heterocycles. The molecule has 0 unspecified atom stereocenters. The molecule has 1 N–H and O–H groups in total. The van der Waals surface area contributed by atoms with Gasteiger partial charge in [0.1, 0.15) is 6.54 Å². The maximum atomic E-state index is 13.2. The van der Waals surface area contributed by atoms with E-state index in [1.807, 2.05) is 6.92 Å². The smallest absolute Gasteiger partial charge is 0.271 e. The van der Waals surface area contributed by atoms with Gasteiger partial charge in [0.15, 0.2) is 17.8 Å². The maximum absolute atomic E-state index is 13.2. The molecule has 2 heterocycles. The quantitative estimate of drug-likeness (QED) is 0.850. The number of aromatic nitrogens is 1. The molecule has 1 aliphatic rings. The Morgan fingerprint density at radius 1 is 1.38 bits per heavy atom. The van der Waals surface area contributed by atoms with E-state index >= 15 is 0 Å². The monoisotopic (exact) mass is 355 g/mol. The van der Waals surface area contributed by atoms with Crippen molar-refractivity contribution in [3.05, 3.63) is 24.3 Å². The number of anilines is 1. The minimum absolute atomic E-state index is 0.134. The molecule has 0 saturated carbocycles. The third-order valence-electron chi connectivity index (χ3n) is 3.41. The maximum Gasteiger partial charge on any atom is 0.432 e. The first kappa shape index (κ1) is 16.6. The number of halogens is 3. The van der Waals surface area contributed by atoms with Gasteiger partial charge in [-0.05, 0) is 12.1 Å². The number of amides is 1. The summed E-state index contributed by atoms with van der Waals surface area (Å²) < 4.78 is 40.4. The molecule has 0 spiro atoms. The Bertz CT molecular complexity index is 794. The van der Waals surface area contributed by atoms with E-state index in [4.69, 9.17) is 0 Å². The number of nitrogens with one attached hydrogen (secondary N) is 1. The number of alkyl halides is 3. The molecule has 9 heteroatoms. The van der Waals surface area contributed by atoms with Crippen LogP contribution in [0.5, 0.6) is 0 Å². The normalized spacial score (nSPS) is 18.8. The number of hydrogen-bond donors (Lipinski definition) is 1. The number of thiazole rings is 1. The number of carbonyl (C=O) groups is 1. The zero-order valence-electron chi connectivity index (χ0n) is 12.7. The molecule has 1 aromatic carbocycles. The van der Waals surface area contributed by atoms with Crippen molar-refractivity contribution in [3.63, 3.8) is 0 Å². The Labute approximate surface area is 139 Å². The third-order valence-corrected chi connectivity index (χ3v) is 4.42. The van der Waals surface area contributed by atoms with Crippen molar-refractivity contribution in [2.75, 3.05) is 11.6 Å². The summed E-state index contributed by atoms with van der Waals surface area (Å²) in [5.41, 5.74) is -0.513. The Kier molecular flexibility index (Phi) is 4.35. The van der Waals surface area contributed by atoms with Crippen molar-refractivity contribution in [2.24, 2.45) is 11.0 Å². The largest absolute Gasteiger partial charge is 0.432 e. The minimum Gasteiger partial charge on any atom is -0.271 e. The predicted octanol–water partition coefficient (Wildman–Crippen LogP) is 1.74. The number of hydrazone groups is 1. The summed E-state index contributed by atoms with van der Waals surface area (Å²) >= 11 is 1.13. The molecule has 0 radical (unpaired) electrons. The highest BCUT2D eigenvalue weighted by molar-refractivity contribution is 7.22. The molecule has 1 amide bonds. The predicted molar refractivity (Wildman–Crippen MR) is 86.3 cm³/mol. The third kappa shape index (κ3) is 3.03. The highest BCUT2D eigenvalue weighted by atomic mass is 32.1. The summed E-state index contributed by atoms with van der Waals surface area (Å²) in [5, 5.41) is 4.40. The first-order chi connectivity index (χ1) is 11.4.